The van der Waals surface area contributed by atoms with Crippen LogP contribution in [0, 0.1) is 13.8 Å². The molecule has 1 amide bonds. The molecule has 0 atom stereocenters. The van der Waals surface area contributed by atoms with Gasteiger partial charge in [-0.25, -0.2) is 4.98 Å². The molecule has 3 aromatic rings. The summed E-state index contributed by atoms with van der Waals surface area (Å²) in [6.45, 7) is 3.98. The van der Waals surface area contributed by atoms with Crippen LogP contribution in [0.2, 0.25) is 0 Å². The number of aryl methyl sites for hydroxylation is 2. The van der Waals surface area contributed by atoms with Crippen LogP contribution < -0.4 is 10.1 Å². The molecule has 5 nitrogen and oxygen atoms in total. The van der Waals surface area contributed by atoms with Gasteiger partial charge in [0, 0.05) is 17.5 Å². The zero-order valence-electron chi connectivity index (χ0n) is 13.5. The van der Waals surface area contributed by atoms with E-state index >= 15 is 0 Å². The predicted molar refractivity (Wildman–Crippen MR) is 90.0 cm³/mol. The van der Waals surface area contributed by atoms with E-state index in [0.717, 1.165) is 34.0 Å². The molecule has 0 aliphatic carbocycles. The number of carbonyl (C=O) groups excluding carboxylic acids is 1. The Morgan fingerprint density at radius 1 is 1.22 bits per heavy atom. The van der Waals surface area contributed by atoms with E-state index in [4.69, 9.17) is 4.74 Å². The molecule has 118 valence electrons. The van der Waals surface area contributed by atoms with Gasteiger partial charge in [-0.3, -0.25) is 4.79 Å². The lowest BCUT2D eigenvalue weighted by Crippen LogP contribution is -2.15. The van der Waals surface area contributed by atoms with E-state index in [9.17, 15) is 4.79 Å². The Morgan fingerprint density at radius 3 is 2.78 bits per heavy atom. The summed E-state index contributed by atoms with van der Waals surface area (Å²) in [4.78, 5) is 16.7. The second-order valence-electron chi connectivity index (χ2n) is 5.47. The van der Waals surface area contributed by atoms with Crippen molar-refractivity contribution in [2.24, 2.45) is 0 Å². The topological polar surface area (TPSA) is 55.6 Å². The highest BCUT2D eigenvalue weighted by Crippen LogP contribution is 2.19. The average molecular weight is 309 g/mol. The fourth-order valence-corrected chi connectivity index (χ4v) is 2.58. The first-order valence-electron chi connectivity index (χ1n) is 7.45. The number of pyridine rings is 1. The van der Waals surface area contributed by atoms with Crippen molar-refractivity contribution in [3.8, 4) is 5.75 Å². The Labute approximate surface area is 134 Å². The van der Waals surface area contributed by atoms with E-state index in [1.807, 2.05) is 60.8 Å². The first-order chi connectivity index (χ1) is 11.1. The second kappa shape index (κ2) is 6.12. The summed E-state index contributed by atoms with van der Waals surface area (Å²) in [7, 11) is 1.61. The van der Waals surface area contributed by atoms with Gasteiger partial charge in [0.1, 0.15) is 11.4 Å². The predicted octanol–water partition coefficient (Wildman–Crippen LogP) is 3.14. The lowest BCUT2D eigenvalue weighted by atomic mass is 10.1. The van der Waals surface area contributed by atoms with Crippen molar-refractivity contribution in [3.63, 3.8) is 0 Å². The van der Waals surface area contributed by atoms with Crippen LogP contribution in [0.1, 0.15) is 17.0 Å². The monoisotopic (exact) mass is 309 g/mol. The molecule has 0 aliphatic heterocycles. The van der Waals surface area contributed by atoms with Crippen LogP contribution in [0.3, 0.4) is 0 Å². The highest BCUT2D eigenvalue weighted by Gasteiger charge is 2.10. The fourth-order valence-electron chi connectivity index (χ4n) is 2.58. The first kappa shape index (κ1) is 15.1. The summed E-state index contributed by atoms with van der Waals surface area (Å²) in [5.41, 5.74) is 4.55. The number of rotatable bonds is 4. The van der Waals surface area contributed by atoms with E-state index in [1.54, 1.807) is 7.11 Å². The number of imidazole rings is 1. The van der Waals surface area contributed by atoms with Crippen molar-refractivity contribution in [3.05, 3.63) is 59.5 Å². The summed E-state index contributed by atoms with van der Waals surface area (Å²) < 4.78 is 7.26. The smallest absolute Gasteiger partial charge is 0.228 e. The number of anilines is 1. The van der Waals surface area contributed by atoms with Crippen LogP contribution in [-0.4, -0.2) is 22.4 Å². The van der Waals surface area contributed by atoms with Gasteiger partial charge in [-0.1, -0.05) is 18.2 Å². The third-order valence-corrected chi connectivity index (χ3v) is 3.92. The van der Waals surface area contributed by atoms with Gasteiger partial charge in [0.2, 0.25) is 5.91 Å². The molecule has 0 aliphatic rings. The van der Waals surface area contributed by atoms with Gasteiger partial charge >= 0.3 is 0 Å². The van der Waals surface area contributed by atoms with Crippen LogP contribution >= 0.6 is 0 Å². The minimum Gasteiger partial charge on any atom is -0.496 e. The van der Waals surface area contributed by atoms with Gasteiger partial charge < -0.3 is 14.5 Å². The third kappa shape index (κ3) is 3.04. The van der Waals surface area contributed by atoms with Crippen LogP contribution in [-0.2, 0) is 11.2 Å². The average Bonchev–Trinajstić information content (AvgIpc) is 2.83. The number of nitrogens with zero attached hydrogens (tertiary/aromatic N) is 2. The van der Waals surface area contributed by atoms with Crippen LogP contribution in [0.15, 0.2) is 42.6 Å². The summed E-state index contributed by atoms with van der Waals surface area (Å²) in [5.74, 6) is 0.641. The molecule has 0 saturated heterocycles. The van der Waals surface area contributed by atoms with Crippen LogP contribution in [0.5, 0.6) is 5.75 Å². The van der Waals surface area contributed by atoms with Crippen molar-refractivity contribution in [2.45, 2.75) is 20.3 Å². The van der Waals surface area contributed by atoms with Gasteiger partial charge in [0.25, 0.3) is 0 Å². The first-order valence-corrected chi connectivity index (χ1v) is 7.45. The highest BCUT2D eigenvalue weighted by molar-refractivity contribution is 5.92. The molecule has 0 unspecified atom stereocenters. The fraction of sp³-hybridized carbons (Fsp3) is 0.222. The molecule has 0 spiro atoms. The molecule has 2 aromatic heterocycles. The number of methoxy groups -OCH3 is 1. The maximum Gasteiger partial charge on any atom is 0.228 e. The number of fused-ring (bicyclic) bond motifs is 1. The van der Waals surface area contributed by atoms with Gasteiger partial charge in [0.05, 0.1) is 24.9 Å². The Kier molecular flexibility index (Phi) is 4.02. The lowest BCUT2D eigenvalue weighted by Gasteiger charge is -2.09. The Morgan fingerprint density at radius 2 is 2.00 bits per heavy atom. The molecule has 1 aromatic carbocycles. The Balaban J connectivity index is 1.78. The maximum absolute atomic E-state index is 12.3. The molecule has 3 rings (SSSR count). The molecule has 0 radical (unpaired) electrons. The maximum atomic E-state index is 12.3. The van der Waals surface area contributed by atoms with Crippen molar-refractivity contribution in [1.29, 1.82) is 0 Å². The zero-order chi connectivity index (χ0) is 16.4. The summed E-state index contributed by atoms with van der Waals surface area (Å²) >= 11 is 0. The molecule has 23 heavy (non-hydrogen) atoms. The number of hydrogen-bond acceptors (Lipinski definition) is 3. The quantitative estimate of drug-likeness (QED) is 0.805. The van der Waals surface area contributed by atoms with Gasteiger partial charge in [-0.05, 0) is 32.0 Å². The molecule has 1 N–H and O–H groups in total. The molecular formula is C18H19N3O2. The van der Waals surface area contributed by atoms with Crippen molar-refractivity contribution < 1.29 is 9.53 Å². The number of nitrogens with one attached hydrogen (secondary N) is 1. The van der Waals surface area contributed by atoms with E-state index in [1.165, 1.54) is 0 Å². The third-order valence-electron chi connectivity index (χ3n) is 3.92. The van der Waals surface area contributed by atoms with Crippen LogP contribution in [0.25, 0.3) is 5.65 Å². The number of para-hydroxylation sites is 1. The number of benzene rings is 1. The van der Waals surface area contributed by atoms with Gasteiger partial charge in [-0.2, -0.15) is 0 Å². The number of amides is 1. The molecule has 0 bridgehead atoms. The molecule has 2 heterocycles. The van der Waals surface area contributed by atoms with E-state index < -0.39 is 0 Å². The summed E-state index contributed by atoms with van der Waals surface area (Å²) in [6.07, 6.45) is 2.16. The number of ether oxygens (including phenoxy) is 1. The Bertz CT molecular complexity index is 868. The van der Waals surface area contributed by atoms with Gasteiger partial charge in [-0.15, -0.1) is 0 Å². The SMILES string of the molecule is COc1ccccc1CC(=O)Nc1ccc2nc(C)c(C)n2c1. The largest absolute Gasteiger partial charge is 0.496 e. The van der Waals surface area contributed by atoms with E-state index in [0.29, 0.717) is 0 Å². The molecule has 5 heteroatoms. The summed E-state index contributed by atoms with van der Waals surface area (Å²) in [5, 5.41) is 2.93. The summed E-state index contributed by atoms with van der Waals surface area (Å²) in [6, 6.07) is 11.3. The Hall–Kier alpha value is -2.82. The van der Waals surface area contributed by atoms with Crippen LogP contribution in [0.4, 0.5) is 5.69 Å². The van der Waals surface area contributed by atoms with E-state index in [-0.39, 0.29) is 12.3 Å². The number of hydrogen-bond donors (Lipinski definition) is 1. The molecule has 0 saturated carbocycles. The number of aromatic nitrogens is 2. The van der Waals surface area contributed by atoms with Gasteiger partial charge in [0.15, 0.2) is 0 Å². The number of carbonyl (C=O) groups is 1. The van der Waals surface area contributed by atoms with Crippen molar-refractivity contribution >= 4 is 17.2 Å². The standard InChI is InChI=1S/C18H19N3O2/c1-12-13(2)21-11-15(8-9-17(21)19-12)20-18(22)10-14-6-4-5-7-16(14)23-3/h4-9,11H,10H2,1-3H3,(H,20,22). The van der Waals surface area contributed by atoms with E-state index in [2.05, 4.69) is 10.3 Å². The zero-order valence-corrected chi connectivity index (χ0v) is 13.5. The molecular weight excluding hydrogens is 290 g/mol. The van der Waals surface area contributed by atoms with Crippen molar-refractivity contribution in [1.82, 2.24) is 9.38 Å². The second-order valence-corrected chi connectivity index (χ2v) is 5.47. The van der Waals surface area contributed by atoms with Crippen molar-refractivity contribution in [2.75, 3.05) is 12.4 Å². The normalized spacial score (nSPS) is 10.7. The molecule has 0 fully saturated rings. The lowest BCUT2D eigenvalue weighted by molar-refractivity contribution is -0.115. The minimum absolute atomic E-state index is 0.0802. The minimum atomic E-state index is -0.0802. The highest BCUT2D eigenvalue weighted by atomic mass is 16.5.